The van der Waals surface area contributed by atoms with E-state index in [4.69, 9.17) is 5.73 Å². The summed E-state index contributed by atoms with van der Waals surface area (Å²) in [5.74, 6) is 0.0685. The number of carbonyl (C=O) groups excluding carboxylic acids is 1. The average molecular weight is 313 g/mol. The Labute approximate surface area is 117 Å². The summed E-state index contributed by atoms with van der Waals surface area (Å²) >= 11 is 3.44. The van der Waals surface area contributed by atoms with Crippen LogP contribution in [-0.4, -0.2) is 11.9 Å². The smallest absolute Gasteiger partial charge is 0.241 e. The normalized spacial score (nSPS) is 14.1. The van der Waals surface area contributed by atoms with Crippen LogP contribution in [0.3, 0.4) is 0 Å². The molecule has 0 bridgehead atoms. The van der Waals surface area contributed by atoms with Gasteiger partial charge in [0.25, 0.3) is 0 Å². The average Bonchev–Trinajstić information content (AvgIpc) is 2.31. The number of aryl methyl sites for hydroxylation is 2. The number of amides is 1. The number of hydrogen-bond donors (Lipinski definition) is 2. The molecular formula is C14H21BrN2O. The van der Waals surface area contributed by atoms with Crippen LogP contribution in [0.2, 0.25) is 0 Å². The van der Waals surface area contributed by atoms with E-state index < -0.39 is 6.04 Å². The van der Waals surface area contributed by atoms with Crippen LogP contribution in [-0.2, 0) is 4.79 Å². The predicted molar refractivity (Wildman–Crippen MR) is 79.7 cm³/mol. The predicted octanol–water partition coefficient (Wildman–Crippen LogP) is 3.38. The fourth-order valence-electron chi connectivity index (χ4n) is 1.83. The minimum absolute atomic E-state index is 0.113. The number of carbonyl (C=O) groups is 1. The van der Waals surface area contributed by atoms with Gasteiger partial charge >= 0.3 is 0 Å². The Balaban J connectivity index is 2.89. The summed E-state index contributed by atoms with van der Waals surface area (Å²) in [6.45, 7) is 7.98. The molecule has 3 nitrogen and oxygen atoms in total. The lowest BCUT2D eigenvalue weighted by Gasteiger charge is -2.19. The van der Waals surface area contributed by atoms with Crippen LogP contribution in [0.25, 0.3) is 0 Å². The number of nitrogens with one attached hydrogen (secondary N) is 1. The molecule has 100 valence electrons. The molecule has 0 aliphatic rings. The molecule has 0 spiro atoms. The first-order chi connectivity index (χ1) is 8.36. The third kappa shape index (κ3) is 3.56. The highest BCUT2D eigenvalue weighted by Crippen LogP contribution is 2.25. The quantitative estimate of drug-likeness (QED) is 0.895. The van der Waals surface area contributed by atoms with Crippen molar-refractivity contribution >= 4 is 27.5 Å². The summed E-state index contributed by atoms with van der Waals surface area (Å²) in [7, 11) is 0. The molecule has 0 fully saturated rings. The zero-order valence-corrected chi connectivity index (χ0v) is 13.0. The van der Waals surface area contributed by atoms with E-state index in [1.807, 2.05) is 39.8 Å². The molecule has 3 N–H and O–H groups in total. The van der Waals surface area contributed by atoms with Crippen LogP contribution in [0.5, 0.6) is 0 Å². The van der Waals surface area contributed by atoms with Gasteiger partial charge in [0.05, 0.1) is 6.04 Å². The summed E-state index contributed by atoms with van der Waals surface area (Å²) in [5, 5.41) is 2.94. The largest absolute Gasteiger partial charge is 0.324 e. The zero-order chi connectivity index (χ0) is 13.9. The Bertz CT molecular complexity index is 422. The Morgan fingerprint density at radius 2 is 1.89 bits per heavy atom. The van der Waals surface area contributed by atoms with Crippen molar-refractivity contribution in [3.05, 3.63) is 27.7 Å². The van der Waals surface area contributed by atoms with E-state index in [1.165, 1.54) is 0 Å². The summed E-state index contributed by atoms with van der Waals surface area (Å²) in [4.78, 5) is 12.1. The van der Waals surface area contributed by atoms with Gasteiger partial charge in [-0.25, -0.2) is 0 Å². The molecule has 0 saturated carbocycles. The third-order valence-corrected chi connectivity index (χ3v) is 3.76. The lowest BCUT2D eigenvalue weighted by molar-refractivity contribution is -0.118. The molecule has 0 aromatic heterocycles. The van der Waals surface area contributed by atoms with Crippen molar-refractivity contribution in [2.45, 2.75) is 40.2 Å². The van der Waals surface area contributed by atoms with E-state index in [2.05, 4.69) is 21.2 Å². The van der Waals surface area contributed by atoms with E-state index >= 15 is 0 Å². The molecule has 0 radical (unpaired) electrons. The zero-order valence-electron chi connectivity index (χ0n) is 11.4. The topological polar surface area (TPSA) is 55.1 Å². The Hall–Kier alpha value is -0.870. The highest BCUT2D eigenvalue weighted by atomic mass is 79.9. The van der Waals surface area contributed by atoms with Gasteiger partial charge in [0.1, 0.15) is 0 Å². The molecule has 4 heteroatoms. The van der Waals surface area contributed by atoms with Gasteiger partial charge in [-0.3, -0.25) is 4.79 Å². The molecule has 0 heterocycles. The van der Waals surface area contributed by atoms with Crippen LogP contribution in [0.1, 0.15) is 31.4 Å². The highest BCUT2D eigenvalue weighted by Gasteiger charge is 2.20. The maximum atomic E-state index is 12.1. The van der Waals surface area contributed by atoms with Crippen molar-refractivity contribution in [2.75, 3.05) is 5.32 Å². The number of halogens is 1. The van der Waals surface area contributed by atoms with Gasteiger partial charge in [0.15, 0.2) is 0 Å². The minimum atomic E-state index is -0.461. The number of hydrogen-bond acceptors (Lipinski definition) is 2. The molecular weight excluding hydrogens is 292 g/mol. The standard InChI is InChI=1S/C14H21BrN2O/c1-5-8(2)12(16)14(18)17-13-9(3)6-11(15)7-10(13)4/h6-8,12H,5,16H2,1-4H3,(H,17,18). The molecule has 0 saturated heterocycles. The first kappa shape index (κ1) is 15.2. The first-order valence-corrected chi connectivity index (χ1v) is 6.99. The second-order valence-corrected chi connectivity index (χ2v) is 5.73. The van der Waals surface area contributed by atoms with Crippen LogP contribution >= 0.6 is 15.9 Å². The van der Waals surface area contributed by atoms with Crippen molar-refractivity contribution in [3.8, 4) is 0 Å². The van der Waals surface area contributed by atoms with Crippen LogP contribution < -0.4 is 11.1 Å². The summed E-state index contributed by atoms with van der Waals surface area (Å²) in [6.07, 6.45) is 0.896. The van der Waals surface area contributed by atoms with Crippen molar-refractivity contribution in [1.82, 2.24) is 0 Å². The Morgan fingerprint density at radius 3 is 2.33 bits per heavy atom. The van der Waals surface area contributed by atoms with Crippen LogP contribution in [0.4, 0.5) is 5.69 Å². The maximum Gasteiger partial charge on any atom is 0.241 e. The third-order valence-electron chi connectivity index (χ3n) is 3.31. The lowest BCUT2D eigenvalue weighted by Crippen LogP contribution is -2.40. The number of anilines is 1. The Kier molecular flexibility index (Phi) is 5.35. The highest BCUT2D eigenvalue weighted by molar-refractivity contribution is 9.10. The number of rotatable bonds is 4. The molecule has 2 atom stereocenters. The van der Waals surface area contributed by atoms with Gasteiger partial charge in [0.2, 0.25) is 5.91 Å². The summed E-state index contributed by atoms with van der Waals surface area (Å²) < 4.78 is 1.02. The van der Waals surface area contributed by atoms with Gasteiger partial charge in [-0.05, 0) is 43.0 Å². The Morgan fingerprint density at radius 1 is 1.39 bits per heavy atom. The van der Waals surface area contributed by atoms with Gasteiger partial charge in [-0.1, -0.05) is 36.2 Å². The van der Waals surface area contributed by atoms with Gasteiger partial charge in [-0.2, -0.15) is 0 Å². The molecule has 1 aromatic carbocycles. The monoisotopic (exact) mass is 312 g/mol. The fraction of sp³-hybridized carbons (Fsp3) is 0.500. The molecule has 1 aromatic rings. The van der Waals surface area contributed by atoms with Gasteiger partial charge in [0, 0.05) is 10.2 Å². The fourth-order valence-corrected chi connectivity index (χ4v) is 2.51. The summed E-state index contributed by atoms with van der Waals surface area (Å²) in [5.41, 5.74) is 8.86. The van der Waals surface area contributed by atoms with Crippen LogP contribution in [0, 0.1) is 19.8 Å². The van der Waals surface area contributed by atoms with Gasteiger partial charge < -0.3 is 11.1 Å². The van der Waals surface area contributed by atoms with Crippen molar-refractivity contribution < 1.29 is 4.79 Å². The first-order valence-electron chi connectivity index (χ1n) is 6.20. The number of nitrogens with two attached hydrogens (primary N) is 1. The van der Waals surface area contributed by atoms with E-state index in [0.29, 0.717) is 0 Å². The van der Waals surface area contributed by atoms with Crippen molar-refractivity contribution in [2.24, 2.45) is 11.7 Å². The van der Waals surface area contributed by atoms with Crippen molar-refractivity contribution in [3.63, 3.8) is 0 Å². The SMILES string of the molecule is CCC(C)C(N)C(=O)Nc1c(C)cc(Br)cc1C. The second kappa shape index (κ2) is 6.34. The van der Waals surface area contributed by atoms with E-state index in [-0.39, 0.29) is 11.8 Å². The number of benzene rings is 1. The molecule has 0 aliphatic carbocycles. The van der Waals surface area contributed by atoms with E-state index in [9.17, 15) is 4.79 Å². The van der Waals surface area contributed by atoms with E-state index in [0.717, 1.165) is 27.7 Å². The lowest BCUT2D eigenvalue weighted by atomic mass is 9.99. The molecule has 1 rings (SSSR count). The van der Waals surface area contributed by atoms with Gasteiger partial charge in [-0.15, -0.1) is 0 Å². The van der Waals surface area contributed by atoms with E-state index in [1.54, 1.807) is 0 Å². The second-order valence-electron chi connectivity index (χ2n) is 4.82. The minimum Gasteiger partial charge on any atom is -0.324 e. The maximum absolute atomic E-state index is 12.1. The van der Waals surface area contributed by atoms with Crippen molar-refractivity contribution in [1.29, 1.82) is 0 Å². The van der Waals surface area contributed by atoms with Crippen LogP contribution in [0.15, 0.2) is 16.6 Å². The summed E-state index contributed by atoms with van der Waals surface area (Å²) in [6, 6.07) is 3.51. The molecule has 0 aliphatic heterocycles. The molecule has 18 heavy (non-hydrogen) atoms. The molecule has 1 amide bonds. The molecule has 2 unspecified atom stereocenters.